The van der Waals surface area contributed by atoms with E-state index in [0.717, 1.165) is 22.8 Å². The maximum absolute atomic E-state index is 13.4. The molecule has 28 heavy (non-hydrogen) atoms. The number of likely N-dealkylation sites (tertiary alicyclic amines) is 1. The number of hydrogen-bond acceptors (Lipinski definition) is 5. The second-order valence-corrected chi connectivity index (χ2v) is 8.21. The van der Waals surface area contributed by atoms with E-state index in [1.54, 1.807) is 4.90 Å². The van der Waals surface area contributed by atoms with Gasteiger partial charge in [-0.15, -0.1) is 11.3 Å². The maximum atomic E-state index is 13.4. The van der Waals surface area contributed by atoms with E-state index in [2.05, 4.69) is 15.1 Å². The normalized spacial score (nSPS) is 16.1. The van der Waals surface area contributed by atoms with E-state index in [1.165, 1.54) is 11.3 Å². The Morgan fingerprint density at radius 3 is 2.54 bits per heavy atom. The van der Waals surface area contributed by atoms with Crippen LogP contribution >= 0.6 is 11.3 Å². The number of rotatable bonds is 2. The van der Waals surface area contributed by atoms with E-state index in [1.807, 2.05) is 19.9 Å². The summed E-state index contributed by atoms with van der Waals surface area (Å²) < 4.78 is 40.8. The first-order valence-electron chi connectivity index (χ1n) is 8.88. The summed E-state index contributed by atoms with van der Waals surface area (Å²) in [6.45, 7) is 4.92. The lowest BCUT2D eigenvalue weighted by Gasteiger charge is -2.31. The van der Waals surface area contributed by atoms with Crippen LogP contribution in [0.25, 0.3) is 5.78 Å². The maximum Gasteiger partial charge on any atom is 0.433 e. The molecule has 0 unspecified atom stereocenters. The molecule has 10 heteroatoms. The van der Waals surface area contributed by atoms with Gasteiger partial charge in [0.25, 0.3) is 11.7 Å². The molecule has 0 spiro atoms. The Hall–Kier alpha value is -2.49. The van der Waals surface area contributed by atoms with Crippen LogP contribution in [0.1, 0.15) is 50.3 Å². The van der Waals surface area contributed by atoms with Crippen molar-refractivity contribution >= 4 is 23.0 Å². The Bertz CT molecular complexity index is 1010. The Morgan fingerprint density at radius 1 is 1.21 bits per heavy atom. The van der Waals surface area contributed by atoms with Gasteiger partial charge in [0.1, 0.15) is 6.33 Å². The molecule has 0 aliphatic carbocycles. The molecule has 1 fully saturated rings. The molecule has 0 aromatic carbocycles. The zero-order valence-corrected chi connectivity index (χ0v) is 16.1. The molecule has 0 N–H and O–H groups in total. The fourth-order valence-corrected chi connectivity index (χ4v) is 4.46. The zero-order chi connectivity index (χ0) is 20.1. The standard InChI is InChI=1S/C18H18F3N5OS/c1-10-7-14(28-11(10)2)16(27)25-5-3-12(4-6-25)13-8-15(18(19,20)21)26-17(24-13)22-9-23-26/h7-9,12H,3-6H2,1-2H3. The molecular formula is C18H18F3N5OS. The molecular weight excluding hydrogens is 391 g/mol. The average molecular weight is 409 g/mol. The first-order valence-corrected chi connectivity index (χ1v) is 9.70. The van der Waals surface area contributed by atoms with Crippen molar-refractivity contribution in [3.05, 3.63) is 45.2 Å². The van der Waals surface area contributed by atoms with Crippen LogP contribution in [0, 0.1) is 13.8 Å². The summed E-state index contributed by atoms with van der Waals surface area (Å²) in [6.07, 6.45) is -2.36. The number of fused-ring (bicyclic) bond motifs is 1. The number of amides is 1. The number of carbonyl (C=O) groups excluding carboxylic acids is 1. The second-order valence-electron chi connectivity index (χ2n) is 6.95. The topological polar surface area (TPSA) is 63.4 Å². The molecule has 148 valence electrons. The van der Waals surface area contributed by atoms with Crippen LogP contribution < -0.4 is 0 Å². The molecule has 4 rings (SSSR count). The van der Waals surface area contributed by atoms with Gasteiger partial charge < -0.3 is 4.90 Å². The van der Waals surface area contributed by atoms with E-state index < -0.39 is 11.9 Å². The molecule has 0 atom stereocenters. The van der Waals surface area contributed by atoms with Gasteiger partial charge in [0.15, 0.2) is 5.69 Å². The first kappa shape index (κ1) is 18.9. The van der Waals surface area contributed by atoms with Gasteiger partial charge in [-0.3, -0.25) is 4.79 Å². The van der Waals surface area contributed by atoms with Crippen LogP contribution in [-0.4, -0.2) is 43.5 Å². The number of aryl methyl sites for hydroxylation is 2. The van der Waals surface area contributed by atoms with Crippen LogP contribution in [0.2, 0.25) is 0 Å². The molecule has 3 aromatic rings. The van der Waals surface area contributed by atoms with E-state index in [0.29, 0.717) is 41.0 Å². The summed E-state index contributed by atoms with van der Waals surface area (Å²) in [5.74, 6) is -0.233. The Balaban J connectivity index is 1.53. The molecule has 0 saturated carbocycles. The highest BCUT2D eigenvalue weighted by molar-refractivity contribution is 7.14. The van der Waals surface area contributed by atoms with Crippen molar-refractivity contribution in [3.63, 3.8) is 0 Å². The minimum Gasteiger partial charge on any atom is -0.338 e. The van der Waals surface area contributed by atoms with Gasteiger partial charge in [-0.2, -0.15) is 27.8 Å². The van der Waals surface area contributed by atoms with Crippen LogP contribution in [0.4, 0.5) is 13.2 Å². The first-order chi connectivity index (χ1) is 13.2. The summed E-state index contributed by atoms with van der Waals surface area (Å²) >= 11 is 1.47. The van der Waals surface area contributed by atoms with Crippen molar-refractivity contribution in [2.24, 2.45) is 0 Å². The Kier molecular flexibility index (Phi) is 4.60. The fourth-order valence-electron chi connectivity index (χ4n) is 3.45. The predicted molar refractivity (Wildman–Crippen MR) is 97.5 cm³/mol. The Morgan fingerprint density at radius 2 is 1.93 bits per heavy atom. The number of carbonyl (C=O) groups is 1. The number of alkyl halides is 3. The molecule has 1 aliphatic rings. The summed E-state index contributed by atoms with van der Waals surface area (Å²) in [6, 6.07) is 2.95. The van der Waals surface area contributed by atoms with Crippen molar-refractivity contribution in [1.82, 2.24) is 24.5 Å². The summed E-state index contributed by atoms with van der Waals surface area (Å²) in [4.78, 5) is 24.4. The molecule has 0 bridgehead atoms. The third-order valence-corrected chi connectivity index (χ3v) is 6.28. The van der Waals surface area contributed by atoms with Crippen molar-refractivity contribution < 1.29 is 18.0 Å². The van der Waals surface area contributed by atoms with Crippen molar-refractivity contribution in [2.45, 2.75) is 38.8 Å². The summed E-state index contributed by atoms with van der Waals surface area (Å²) in [5.41, 5.74) is 0.560. The minimum atomic E-state index is -4.55. The average Bonchev–Trinajstić information content (AvgIpc) is 3.26. The third-order valence-electron chi connectivity index (χ3n) is 5.14. The quantitative estimate of drug-likeness (QED) is 0.645. The van der Waals surface area contributed by atoms with E-state index in [9.17, 15) is 18.0 Å². The van der Waals surface area contributed by atoms with Gasteiger partial charge in [-0.1, -0.05) is 0 Å². The number of nitrogens with zero attached hydrogens (tertiary/aromatic N) is 5. The Labute approximate surface area is 163 Å². The summed E-state index contributed by atoms with van der Waals surface area (Å²) in [5, 5.41) is 3.62. The van der Waals surface area contributed by atoms with Crippen LogP contribution in [0.5, 0.6) is 0 Å². The molecule has 0 radical (unpaired) electrons. The van der Waals surface area contributed by atoms with E-state index in [-0.39, 0.29) is 17.6 Å². The van der Waals surface area contributed by atoms with Crippen LogP contribution in [0.3, 0.4) is 0 Å². The highest BCUT2D eigenvalue weighted by Gasteiger charge is 2.36. The number of hydrogen-bond donors (Lipinski definition) is 0. The molecule has 1 saturated heterocycles. The van der Waals surface area contributed by atoms with Gasteiger partial charge in [0.05, 0.1) is 4.88 Å². The third kappa shape index (κ3) is 3.36. The van der Waals surface area contributed by atoms with Crippen molar-refractivity contribution in [1.29, 1.82) is 0 Å². The largest absolute Gasteiger partial charge is 0.433 e. The minimum absolute atomic E-state index is 0.0171. The lowest BCUT2D eigenvalue weighted by molar-refractivity contribution is -0.142. The second kappa shape index (κ2) is 6.84. The van der Waals surface area contributed by atoms with Gasteiger partial charge in [-0.05, 0) is 44.4 Å². The molecule has 1 aliphatic heterocycles. The predicted octanol–water partition coefficient (Wildman–Crippen LogP) is 3.84. The highest BCUT2D eigenvalue weighted by atomic mass is 32.1. The summed E-state index contributed by atoms with van der Waals surface area (Å²) in [7, 11) is 0. The van der Waals surface area contributed by atoms with Crippen LogP contribution in [-0.2, 0) is 6.18 Å². The molecule has 4 heterocycles. The van der Waals surface area contributed by atoms with E-state index >= 15 is 0 Å². The van der Waals surface area contributed by atoms with E-state index in [4.69, 9.17) is 0 Å². The smallest absolute Gasteiger partial charge is 0.338 e. The number of halogens is 3. The monoisotopic (exact) mass is 409 g/mol. The van der Waals surface area contributed by atoms with Crippen molar-refractivity contribution in [3.8, 4) is 0 Å². The van der Waals surface area contributed by atoms with Crippen molar-refractivity contribution in [2.75, 3.05) is 13.1 Å². The van der Waals surface area contributed by atoms with Gasteiger partial charge in [-0.25, -0.2) is 4.98 Å². The zero-order valence-electron chi connectivity index (χ0n) is 15.3. The van der Waals surface area contributed by atoms with Gasteiger partial charge in [0.2, 0.25) is 0 Å². The lowest BCUT2D eigenvalue weighted by atomic mass is 9.92. The number of piperidine rings is 1. The number of aromatic nitrogens is 4. The number of thiophene rings is 1. The van der Waals surface area contributed by atoms with Gasteiger partial charge >= 0.3 is 6.18 Å². The highest BCUT2D eigenvalue weighted by Crippen LogP contribution is 2.34. The molecule has 3 aromatic heterocycles. The van der Waals surface area contributed by atoms with Crippen LogP contribution in [0.15, 0.2) is 18.5 Å². The lowest BCUT2D eigenvalue weighted by Crippen LogP contribution is -2.37. The SMILES string of the molecule is Cc1cc(C(=O)N2CCC(c3cc(C(F)(F)F)n4ncnc4n3)CC2)sc1C. The molecule has 6 nitrogen and oxygen atoms in total. The molecule has 1 amide bonds. The fraction of sp³-hybridized carbons (Fsp3) is 0.444. The van der Waals surface area contributed by atoms with Gasteiger partial charge in [0, 0.05) is 29.6 Å².